The van der Waals surface area contributed by atoms with Gasteiger partial charge in [0.25, 0.3) is 0 Å². The lowest BCUT2D eigenvalue weighted by Crippen LogP contribution is -2.14. The van der Waals surface area contributed by atoms with Gasteiger partial charge >= 0.3 is 5.97 Å². The summed E-state index contributed by atoms with van der Waals surface area (Å²) < 4.78 is 5.23. The molecule has 0 bridgehead atoms. The van der Waals surface area contributed by atoms with E-state index in [1.54, 1.807) is 0 Å². The van der Waals surface area contributed by atoms with Crippen LogP contribution in [0.5, 0.6) is 0 Å². The Labute approximate surface area is 113 Å². The molecule has 0 heterocycles. The topological polar surface area (TPSA) is 52.3 Å². The molecule has 0 aliphatic rings. The number of benzene rings is 1. The van der Waals surface area contributed by atoms with Gasteiger partial charge in [-0.2, -0.15) is 0 Å². The minimum atomic E-state index is -0.772. The molecule has 0 aromatic heterocycles. The largest absolute Gasteiger partial charge is 0.438 e. The molecule has 1 aromatic rings. The quantitative estimate of drug-likeness (QED) is 0.507. The van der Waals surface area contributed by atoms with Gasteiger partial charge in [0.2, 0.25) is 5.56 Å². The van der Waals surface area contributed by atoms with Crippen LogP contribution in [-0.2, 0) is 9.53 Å². The summed E-state index contributed by atoms with van der Waals surface area (Å²) in [6.07, 6.45) is 0.500. The molecule has 4 heteroatoms. The molecule has 1 aromatic carbocycles. The molecule has 2 N–H and O–H groups in total. The SMILES string of the molecule is CC(C)=C(CCN)C(=O)OC(Cl)c1ccccc1. The number of halogens is 1. The van der Waals surface area contributed by atoms with Gasteiger partial charge in [-0.05, 0) is 26.8 Å². The summed E-state index contributed by atoms with van der Waals surface area (Å²) in [6, 6.07) is 9.21. The fourth-order valence-electron chi connectivity index (χ4n) is 1.54. The van der Waals surface area contributed by atoms with Crippen LogP contribution in [0, 0.1) is 0 Å². The van der Waals surface area contributed by atoms with Gasteiger partial charge in [0.1, 0.15) is 0 Å². The van der Waals surface area contributed by atoms with Crippen molar-refractivity contribution in [1.29, 1.82) is 0 Å². The van der Waals surface area contributed by atoms with Crippen LogP contribution in [0.4, 0.5) is 0 Å². The number of allylic oxidation sites excluding steroid dienone is 1. The van der Waals surface area contributed by atoms with Crippen molar-refractivity contribution in [3.05, 3.63) is 47.0 Å². The van der Waals surface area contributed by atoms with E-state index in [2.05, 4.69) is 0 Å². The van der Waals surface area contributed by atoms with Crippen LogP contribution in [0.2, 0.25) is 0 Å². The molecule has 1 rings (SSSR count). The zero-order valence-corrected chi connectivity index (χ0v) is 11.4. The Bertz CT molecular complexity index is 425. The summed E-state index contributed by atoms with van der Waals surface area (Å²) in [5.74, 6) is -0.399. The monoisotopic (exact) mass is 267 g/mol. The Morgan fingerprint density at radius 2 is 1.94 bits per heavy atom. The number of hydrogen-bond acceptors (Lipinski definition) is 3. The lowest BCUT2D eigenvalue weighted by Gasteiger charge is -2.14. The van der Waals surface area contributed by atoms with Crippen LogP contribution in [0.25, 0.3) is 0 Å². The first kappa shape index (κ1) is 14.7. The Balaban J connectivity index is 2.73. The molecule has 0 aliphatic carbocycles. The van der Waals surface area contributed by atoms with Crippen molar-refractivity contribution in [3.63, 3.8) is 0 Å². The number of esters is 1. The van der Waals surface area contributed by atoms with E-state index in [1.807, 2.05) is 44.2 Å². The van der Waals surface area contributed by atoms with E-state index in [0.717, 1.165) is 11.1 Å². The smallest absolute Gasteiger partial charge is 0.335 e. The minimum Gasteiger partial charge on any atom is -0.438 e. The van der Waals surface area contributed by atoms with E-state index in [1.165, 1.54) is 0 Å². The highest BCUT2D eigenvalue weighted by atomic mass is 35.5. The molecule has 0 amide bonds. The number of nitrogens with two attached hydrogens (primary N) is 1. The number of hydrogen-bond donors (Lipinski definition) is 1. The summed E-state index contributed by atoms with van der Waals surface area (Å²) in [6.45, 7) is 4.13. The highest BCUT2D eigenvalue weighted by molar-refractivity contribution is 6.20. The third-order valence-electron chi connectivity index (χ3n) is 2.52. The number of rotatable bonds is 5. The van der Waals surface area contributed by atoms with E-state index in [-0.39, 0.29) is 0 Å². The molecule has 0 radical (unpaired) electrons. The van der Waals surface area contributed by atoms with E-state index in [0.29, 0.717) is 18.5 Å². The highest BCUT2D eigenvalue weighted by Crippen LogP contribution is 2.23. The van der Waals surface area contributed by atoms with Gasteiger partial charge in [-0.25, -0.2) is 4.79 Å². The first-order valence-electron chi connectivity index (χ1n) is 5.82. The predicted octanol–water partition coefficient (Wildman–Crippen LogP) is 3.15. The Morgan fingerprint density at radius 3 is 2.44 bits per heavy atom. The maximum absolute atomic E-state index is 11.9. The van der Waals surface area contributed by atoms with Crippen LogP contribution in [-0.4, -0.2) is 12.5 Å². The highest BCUT2D eigenvalue weighted by Gasteiger charge is 2.17. The molecule has 3 nitrogen and oxygen atoms in total. The molecule has 1 unspecified atom stereocenters. The molecule has 0 spiro atoms. The second-order valence-corrected chi connectivity index (χ2v) is 4.55. The van der Waals surface area contributed by atoms with Crippen molar-refractivity contribution >= 4 is 17.6 Å². The minimum absolute atomic E-state index is 0.399. The summed E-state index contributed by atoms with van der Waals surface area (Å²) >= 11 is 6.05. The van der Waals surface area contributed by atoms with Crippen molar-refractivity contribution in [1.82, 2.24) is 0 Å². The third-order valence-corrected chi connectivity index (χ3v) is 2.86. The zero-order chi connectivity index (χ0) is 13.5. The van der Waals surface area contributed by atoms with Gasteiger partial charge in [0.05, 0.1) is 0 Å². The van der Waals surface area contributed by atoms with Crippen LogP contribution >= 0.6 is 11.6 Å². The van der Waals surface area contributed by atoms with Crippen molar-refractivity contribution in [2.24, 2.45) is 5.73 Å². The number of carbonyl (C=O) groups is 1. The van der Waals surface area contributed by atoms with Crippen LogP contribution in [0.1, 0.15) is 31.4 Å². The number of ether oxygens (including phenoxy) is 1. The van der Waals surface area contributed by atoms with Crippen LogP contribution < -0.4 is 5.73 Å². The van der Waals surface area contributed by atoms with E-state index in [9.17, 15) is 4.79 Å². The van der Waals surface area contributed by atoms with Gasteiger partial charge in [-0.3, -0.25) is 0 Å². The molecule has 0 fully saturated rings. The van der Waals surface area contributed by atoms with Gasteiger partial charge in [0, 0.05) is 11.1 Å². The first-order chi connectivity index (χ1) is 8.56. The molecular formula is C14H18ClNO2. The molecule has 0 saturated heterocycles. The first-order valence-corrected chi connectivity index (χ1v) is 6.26. The van der Waals surface area contributed by atoms with Gasteiger partial charge in [0.15, 0.2) is 0 Å². The fraction of sp³-hybridized carbons (Fsp3) is 0.357. The number of alkyl halides is 1. The van der Waals surface area contributed by atoms with Crippen molar-refractivity contribution < 1.29 is 9.53 Å². The number of carbonyl (C=O) groups excluding carboxylic acids is 1. The van der Waals surface area contributed by atoms with Crippen LogP contribution in [0.15, 0.2) is 41.5 Å². The van der Waals surface area contributed by atoms with Gasteiger partial charge in [-0.1, -0.05) is 47.5 Å². The van der Waals surface area contributed by atoms with Crippen molar-refractivity contribution in [2.45, 2.75) is 25.8 Å². The fourth-order valence-corrected chi connectivity index (χ4v) is 1.76. The predicted molar refractivity (Wildman–Crippen MR) is 73.2 cm³/mol. The summed E-state index contributed by atoms with van der Waals surface area (Å²) in [7, 11) is 0. The maximum atomic E-state index is 11.9. The Morgan fingerprint density at radius 1 is 1.33 bits per heavy atom. The second kappa shape index (κ2) is 7.19. The lowest BCUT2D eigenvalue weighted by atomic mass is 10.1. The lowest BCUT2D eigenvalue weighted by molar-refractivity contribution is -0.141. The van der Waals surface area contributed by atoms with Crippen molar-refractivity contribution in [2.75, 3.05) is 6.54 Å². The zero-order valence-electron chi connectivity index (χ0n) is 10.7. The van der Waals surface area contributed by atoms with E-state index < -0.39 is 11.5 Å². The summed E-state index contributed by atoms with van der Waals surface area (Å²) in [4.78, 5) is 11.9. The molecule has 0 aliphatic heterocycles. The Kier molecular flexibility index (Phi) is 5.89. The average Bonchev–Trinajstić information content (AvgIpc) is 2.36. The van der Waals surface area contributed by atoms with E-state index >= 15 is 0 Å². The normalized spacial score (nSPS) is 11.8. The van der Waals surface area contributed by atoms with Gasteiger partial charge in [-0.15, -0.1) is 0 Å². The Hall–Kier alpha value is -1.32. The van der Waals surface area contributed by atoms with Gasteiger partial charge < -0.3 is 10.5 Å². The van der Waals surface area contributed by atoms with Crippen molar-refractivity contribution in [3.8, 4) is 0 Å². The summed E-state index contributed by atoms with van der Waals surface area (Å²) in [5.41, 5.74) is 6.96. The summed E-state index contributed by atoms with van der Waals surface area (Å²) in [5, 5.41) is 0. The molecule has 18 heavy (non-hydrogen) atoms. The average molecular weight is 268 g/mol. The maximum Gasteiger partial charge on any atom is 0.335 e. The third kappa shape index (κ3) is 4.17. The molecule has 98 valence electrons. The second-order valence-electron chi connectivity index (χ2n) is 4.15. The van der Waals surface area contributed by atoms with Crippen LogP contribution in [0.3, 0.4) is 0 Å². The molecular weight excluding hydrogens is 250 g/mol. The molecule has 1 atom stereocenters. The standard InChI is InChI=1S/C14H18ClNO2/c1-10(2)12(8-9-16)14(17)18-13(15)11-6-4-3-5-7-11/h3-7,13H,8-9,16H2,1-2H3. The molecule has 0 saturated carbocycles. The van der Waals surface area contributed by atoms with E-state index in [4.69, 9.17) is 22.1 Å².